The van der Waals surface area contributed by atoms with Crippen LogP contribution >= 0.6 is 34.5 Å². The number of thiophene rings is 1. The Labute approximate surface area is 144 Å². The van der Waals surface area contributed by atoms with E-state index in [0.717, 1.165) is 31.2 Å². The number of likely N-dealkylation sites (tertiary alicyclic amines) is 1. The largest absolute Gasteiger partial charge is 0.481 e. The van der Waals surface area contributed by atoms with Gasteiger partial charge >= 0.3 is 5.97 Å². The van der Waals surface area contributed by atoms with Crippen molar-refractivity contribution in [2.75, 3.05) is 13.1 Å². The predicted molar refractivity (Wildman–Crippen MR) is 88.8 cm³/mol. The zero-order valence-corrected chi connectivity index (χ0v) is 14.5. The molecule has 1 fully saturated rings. The lowest BCUT2D eigenvalue weighted by Gasteiger charge is -2.31. The number of hydrogen-bond acceptors (Lipinski definition) is 3. The summed E-state index contributed by atoms with van der Waals surface area (Å²) < 4.78 is 1.37. The first-order valence-corrected chi connectivity index (χ1v) is 8.96. The molecule has 122 valence electrons. The van der Waals surface area contributed by atoms with Gasteiger partial charge in [-0.15, -0.1) is 11.3 Å². The van der Waals surface area contributed by atoms with Gasteiger partial charge in [-0.1, -0.05) is 23.2 Å². The van der Waals surface area contributed by atoms with Gasteiger partial charge in [0, 0.05) is 25.9 Å². The fourth-order valence-electron chi connectivity index (χ4n) is 2.77. The molecule has 7 heteroatoms. The molecular formula is C15H19Cl2NO3S. The first-order chi connectivity index (χ1) is 10.5. The van der Waals surface area contributed by atoms with Crippen LogP contribution in [0.3, 0.4) is 0 Å². The number of amides is 1. The minimum Gasteiger partial charge on any atom is -0.481 e. The van der Waals surface area contributed by atoms with E-state index in [4.69, 9.17) is 28.3 Å². The van der Waals surface area contributed by atoms with E-state index in [1.54, 1.807) is 0 Å². The van der Waals surface area contributed by atoms with Gasteiger partial charge in [0.1, 0.15) is 0 Å². The first kappa shape index (κ1) is 17.6. The Kier molecular flexibility index (Phi) is 6.53. The van der Waals surface area contributed by atoms with Crippen LogP contribution in [0.4, 0.5) is 0 Å². The van der Waals surface area contributed by atoms with Crippen LogP contribution in [0.5, 0.6) is 0 Å². The molecule has 0 spiro atoms. The van der Waals surface area contributed by atoms with Crippen LogP contribution in [0.25, 0.3) is 0 Å². The number of piperidine rings is 1. The molecule has 1 amide bonds. The molecule has 0 aliphatic carbocycles. The zero-order chi connectivity index (χ0) is 16.1. The second-order valence-corrected chi connectivity index (χ2v) is 7.91. The van der Waals surface area contributed by atoms with Gasteiger partial charge in [0.05, 0.1) is 8.67 Å². The summed E-state index contributed by atoms with van der Waals surface area (Å²) in [5.74, 6) is -0.407. The average Bonchev–Trinajstić information content (AvgIpc) is 2.77. The lowest BCUT2D eigenvalue weighted by atomic mass is 9.93. The number of aliphatic carboxylic acids is 1. The van der Waals surface area contributed by atoms with E-state index in [9.17, 15) is 9.59 Å². The van der Waals surface area contributed by atoms with Gasteiger partial charge in [0.25, 0.3) is 0 Å². The molecule has 1 aromatic rings. The molecular weight excluding hydrogens is 345 g/mol. The Morgan fingerprint density at radius 1 is 1.32 bits per heavy atom. The smallest absolute Gasteiger partial charge is 0.303 e. The summed E-state index contributed by atoms with van der Waals surface area (Å²) in [7, 11) is 0. The molecule has 2 heterocycles. The van der Waals surface area contributed by atoms with Gasteiger partial charge in [0.2, 0.25) is 5.91 Å². The monoisotopic (exact) mass is 363 g/mol. The van der Waals surface area contributed by atoms with Gasteiger partial charge in [-0.3, -0.25) is 9.59 Å². The Hall–Kier alpha value is -0.780. The van der Waals surface area contributed by atoms with Crippen molar-refractivity contribution in [2.24, 2.45) is 5.92 Å². The Morgan fingerprint density at radius 2 is 2.00 bits per heavy atom. The van der Waals surface area contributed by atoms with Crippen molar-refractivity contribution in [2.45, 2.75) is 38.5 Å². The average molecular weight is 364 g/mol. The number of carbonyl (C=O) groups excluding carboxylic acids is 1. The highest BCUT2D eigenvalue weighted by atomic mass is 35.5. The fourth-order valence-corrected chi connectivity index (χ4v) is 4.31. The van der Waals surface area contributed by atoms with Crippen LogP contribution in [0.1, 0.15) is 37.7 Å². The number of hydrogen-bond donors (Lipinski definition) is 1. The molecule has 0 atom stereocenters. The van der Waals surface area contributed by atoms with Gasteiger partial charge in [-0.05, 0) is 43.2 Å². The highest BCUT2D eigenvalue weighted by Gasteiger charge is 2.23. The second kappa shape index (κ2) is 8.18. The summed E-state index contributed by atoms with van der Waals surface area (Å²) in [6, 6.07) is 1.86. The van der Waals surface area contributed by atoms with E-state index in [-0.39, 0.29) is 18.2 Å². The maximum atomic E-state index is 12.2. The summed E-state index contributed by atoms with van der Waals surface area (Å²) in [5, 5.41) is 8.79. The molecule has 1 aliphatic rings. The van der Waals surface area contributed by atoms with Crippen LogP contribution in [-0.4, -0.2) is 35.0 Å². The van der Waals surface area contributed by atoms with Crippen molar-refractivity contribution >= 4 is 46.4 Å². The summed E-state index contributed by atoms with van der Waals surface area (Å²) >= 11 is 13.3. The van der Waals surface area contributed by atoms with Gasteiger partial charge in [-0.2, -0.15) is 0 Å². The maximum Gasteiger partial charge on any atom is 0.303 e. The Bertz CT molecular complexity index is 539. The summed E-state index contributed by atoms with van der Waals surface area (Å²) in [6.45, 7) is 1.34. The third-order valence-electron chi connectivity index (χ3n) is 3.99. The first-order valence-electron chi connectivity index (χ1n) is 7.39. The van der Waals surface area contributed by atoms with E-state index < -0.39 is 5.97 Å². The fraction of sp³-hybridized carbons (Fsp3) is 0.600. The number of rotatable bonds is 6. The molecule has 0 saturated carbocycles. The number of nitrogens with zero attached hydrogens (tertiary/aromatic N) is 1. The van der Waals surface area contributed by atoms with E-state index >= 15 is 0 Å². The van der Waals surface area contributed by atoms with Crippen molar-refractivity contribution < 1.29 is 14.7 Å². The highest BCUT2D eigenvalue weighted by Crippen LogP contribution is 2.32. The second-order valence-electron chi connectivity index (χ2n) is 5.63. The molecule has 2 rings (SSSR count). The predicted octanol–water partition coefficient (Wildman–Crippen LogP) is 4.09. The van der Waals surface area contributed by atoms with Crippen LogP contribution in [0.15, 0.2) is 6.07 Å². The van der Waals surface area contributed by atoms with Gasteiger partial charge in [0.15, 0.2) is 0 Å². The lowest BCUT2D eigenvalue weighted by molar-refractivity contribution is -0.138. The Morgan fingerprint density at radius 3 is 2.55 bits per heavy atom. The number of carboxylic acid groups (broad SMARTS) is 1. The number of carboxylic acids is 1. The third-order valence-corrected chi connectivity index (χ3v) is 5.56. The van der Waals surface area contributed by atoms with Crippen LogP contribution in [0, 0.1) is 5.92 Å². The van der Waals surface area contributed by atoms with Crippen LogP contribution < -0.4 is 0 Å². The van der Waals surface area contributed by atoms with Crippen molar-refractivity contribution in [3.05, 3.63) is 20.3 Å². The van der Waals surface area contributed by atoms with E-state index in [1.807, 2.05) is 11.0 Å². The number of halogens is 2. The summed E-state index contributed by atoms with van der Waals surface area (Å²) in [4.78, 5) is 24.7. The van der Waals surface area contributed by atoms with Crippen molar-refractivity contribution in [3.8, 4) is 0 Å². The molecule has 1 N–H and O–H groups in total. The molecule has 0 radical (unpaired) electrons. The molecule has 0 bridgehead atoms. The summed E-state index contributed by atoms with van der Waals surface area (Å²) in [6.07, 6.45) is 3.77. The quantitative estimate of drug-likeness (QED) is 0.827. The standard InChI is InChI=1S/C15H19Cl2NO3S/c16-12-9-11(15(17)22-12)2-1-3-13(19)18-6-4-10(5-7-18)8-14(20)21/h9-10H,1-8H2,(H,20,21). The maximum absolute atomic E-state index is 12.2. The molecule has 22 heavy (non-hydrogen) atoms. The van der Waals surface area contributed by atoms with Gasteiger partial charge in [-0.25, -0.2) is 0 Å². The Balaban J connectivity index is 1.70. The van der Waals surface area contributed by atoms with Crippen molar-refractivity contribution in [3.63, 3.8) is 0 Å². The normalized spacial score (nSPS) is 16.0. The molecule has 0 unspecified atom stereocenters. The van der Waals surface area contributed by atoms with Crippen LogP contribution in [0.2, 0.25) is 8.67 Å². The van der Waals surface area contributed by atoms with Crippen LogP contribution in [-0.2, 0) is 16.0 Å². The minimum atomic E-state index is -0.754. The van der Waals surface area contributed by atoms with E-state index in [2.05, 4.69) is 0 Å². The van der Waals surface area contributed by atoms with Crippen molar-refractivity contribution in [1.82, 2.24) is 4.90 Å². The summed E-state index contributed by atoms with van der Waals surface area (Å²) in [5.41, 5.74) is 1.00. The lowest BCUT2D eigenvalue weighted by Crippen LogP contribution is -2.38. The van der Waals surface area contributed by atoms with E-state index in [0.29, 0.717) is 28.2 Å². The molecule has 0 aromatic carbocycles. The molecule has 4 nitrogen and oxygen atoms in total. The zero-order valence-electron chi connectivity index (χ0n) is 12.2. The van der Waals surface area contributed by atoms with E-state index in [1.165, 1.54) is 11.3 Å². The topological polar surface area (TPSA) is 57.6 Å². The molecule has 1 aliphatic heterocycles. The molecule has 1 saturated heterocycles. The van der Waals surface area contributed by atoms with Gasteiger partial charge < -0.3 is 10.0 Å². The SMILES string of the molecule is O=C(O)CC1CCN(C(=O)CCCc2cc(Cl)sc2Cl)CC1. The minimum absolute atomic E-state index is 0.145. The molecule has 1 aromatic heterocycles. The number of carbonyl (C=O) groups is 2. The highest BCUT2D eigenvalue weighted by molar-refractivity contribution is 7.20. The number of aryl methyl sites for hydroxylation is 1. The third kappa shape index (κ3) is 5.14. The van der Waals surface area contributed by atoms with Crippen molar-refractivity contribution in [1.29, 1.82) is 0 Å².